The number of benzene rings is 4. The van der Waals surface area contributed by atoms with Crippen LogP contribution in [0.2, 0.25) is 0 Å². The number of hydrogen-bond donors (Lipinski definition) is 0. The highest BCUT2D eigenvalue weighted by Crippen LogP contribution is 2.37. The van der Waals surface area contributed by atoms with E-state index in [1.807, 2.05) is 77.7 Å². The van der Waals surface area contributed by atoms with Crippen molar-refractivity contribution in [1.29, 1.82) is 0 Å². The second-order valence-corrected chi connectivity index (χ2v) is 7.07. The Kier molecular flexibility index (Phi) is 4.34. The molecule has 0 saturated heterocycles. The zero-order valence-corrected chi connectivity index (χ0v) is 15.9. The van der Waals surface area contributed by atoms with Crippen molar-refractivity contribution in [3.05, 3.63) is 120 Å². The molecule has 1 heterocycles. The highest BCUT2D eigenvalue weighted by molar-refractivity contribution is 6.10. The normalized spacial score (nSPS) is 12.7. The Hall–Kier alpha value is -3.85. The molecule has 0 aliphatic carbocycles. The molecule has 0 N–H and O–H groups in total. The minimum Gasteiger partial charge on any atom is -0.310 e. The van der Waals surface area contributed by atoms with E-state index >= 15 is 0 Å². The van der Waals surface area contributed by atoms with E-state index < -0.39 is 0 Å². The molecule has 3 nitrogen and oxygen atoms in total. The summed E-state index contributed by atoms with van der Waals surface area (Å²) in [4.78, 5) is 17.2. The van der Waals surface area contributed by atoms with Crippen molar-refractivity contribution >= 4 is 28.7 Å². The molecule has 5 rings (SSSR count). The first-order valence-electron chi connectivity index (χ1n) is 9.71. The van der Waals surface area contributed by atoms with Crippen molar-refractivity contribution in [3.63, 3.8) is 0 Å². The largest absolute Gasteiger partial charge is 0.310 e. The molecular weight excluding hydrogens is 356 g/mol. The molecule has 0 aromatic heterocycles. The second kappa shape index (κ2) is 7.28. The smallest absolute Gasteiger partial charge is 0.259 e. The van der Waals surface area contributed by atoms with E-state index in [1.165, 1.54) is 0 Å². The third-order valence-corrected chi connectivity index (χ3v) is 5.25. The van der Waals surface area contributed by atoms with Crippen LogP contribution in [0, 0.1) is 0 Å². The van der Waals surface area contributed by atoms with Gasteiger partial charge in [-0.1, -0.05) is 60.7 Å². The zero-order chi connectivity index (χ0) is 19.6. The van der Waals surface area contributed by atoms with Crippen LogP contribution in [0.1, 0.15) is 15.9 Å². The third kappa shape index (κ3) is 3.17. The van der Waals surface area contributed by atoms with Gasteiger partial charge < -0.3 is 9.80 Å². The van der Waals surface area contributed by atoms with Crippen LogP contribution in [-0.2, 0) is 6.54 Å². The minimum absolute atomic E-state index is 0.0501. The summed E-state index contributed by atoms with van der Waals surface area (Å²) in [6, 6.07) is 36.5. The number of amides is 1. The molecule has 1 aliphatic heterocycles. The van der Waals surface area contributed by atoms with Gasteiger partial charge in [-0.15, -0.1) is 0 Å². The van der Waals surface area contributed by atoms with Crippen molar-refractivity contribution in [3.8, 4) is 0 Å². The van der Waals surface area contributed by atoms with Gasteiger partial charge in [-0.25, -0.2) is 0 Å². The summed E-state index contributed by atoms with van der Waals surface area (Å²) in [5, 5.41) is 0. The summed E-state index contributed by atoms with van der Waals surface area (Å²) in [7, 11) is 0. The Morgan fingerprint density at radius 2 is 1.17 bits per heavy atom. The van der Waals surface area contributed by atoms with Crippen LogP contribution in [0.15, 0.2) is 109 Å². The first-order chi connectivity index (χ1) is 14.3. The van der Waals surface area contributed by atoms with Gasteiger partial charge in [-0.05, 0) is 54.1 Å². The molecule has 1 aliphatic rings. The quantitative estimate of drug-likeness (QED) is 0.416. The van der Waals surface area contributed by atoms with Crippen molar-refractivity contribution < 1.29 is 4.79 Å². The number of carbonyl (C=O) groups is 1. The molecule has 0 saturated carbocycles. The SMILES string of the molecule is O=C1c2cc(N(c3ccccc3)c3ccccc3)ccc2CN1c1ccccc1. The molecule has 0 spiro atoms. The van der Waals surface area contributed by atoms with Crippen LogP contribution in [0.4, 0.5) is 22.7 Å². The highest BCUT2D eigenvalue weighted by Gasteiger charge is 2.29. The summed E-state index contributed by atoms with van der Waals surface area (Å²) in [6.07, 6.45) is 0. The van der Waals surface area contributed by atoms with Crippen LogP contribution in [0.5, 0.6) is 0 Å². The van der Waals surface area contributed by atoms with Gasteiger partial charge in [0.05, 0.1) is 6.54 Å². The Morgan fingerprint density at radius 3 is 1.76 bits per heavy atom. The van der Waals surface area contributed by atoms with Gasteiger partial charge in [0, 0.05) is 28.3 Å². The van der Waals surface area contributed by atoms with E-state index in [1.54, 1.807) is 0 Å². The number of rotatable bonds is 4. The van der Waals surface area contributed by atoms with Gasteiger partial charge in [0.15, 0.2) is 0 Å². The number of para-hydroxylation sites is 3. The molecule has 29 heavy (non-hydrogen) atoms. The van der Waals surface area contributed by atoms with Crippen LogP contribution < -0.4 is 9.80 Å². The number of carbonyl (C=O) groups excluding carboxylic acids is 1. The molecule has 1 amide bonds. The average molecular weight is 376 g/mol. The predicted octanol–water partition coefficient (Wildman–Crippen LogP) is 6.32. The summed E-state index contributed by atoms with van der Waals surface area (Å²) < 4.78 is 0. The van der Waals surface area contributed by atoms with Gasteiger partial charge in [-0.2, -0.15) is 0 Å². The summed E-state index contributed by atoms with van der Waals surface area (Å²) >= 11 is 0. The molecule has 4 aromatic carbocycles. The lowest BCUT2D eigenvalue weighted by molar-refractivity contribution is 0.0996. The van der Waals surface area contributed by atoms with Gasteiger partial charge >= 0.3 is 0 Å². The van der Waals surface area contributed by atoms with Crippen LogP contribution in [-0.4, -0.2) is 5.91 Å². The fourth-order valence-electron chi connectivity index (χ4n) is 3.85. The lowest BCUT2D eigenvalue weighted by atomic mass is 10.1. The summed E-state index contributed by atoms with van der Waals surface area (Å²) in [5.41, 5.74) is 5.85. The van der Waals surface area contributed by atoms with Gasteiger partial charge in [0.25, 0.3) is 5.91 Å². The Bertz CT molecular complexity index is 1100. The molecule has 4 aromatic rings. The lowest BCUT2D eigenvalue weighted by Crippen LogP contribution is -2.22. The number of anilines is 4. The standard InChI is InChI=1S/C26H20N2O/c29-26-25-18-24(17-16-20(25)19-27(26)21-10-4-1-5-11-21)28(22-12-6-2-7-13-22)23-14-8-3-9-15-23/h1-18H,19H2. The van der Waals surface area contributed by atoms with Gasteiger partial charge in [0.1, 0.15) is 0 Å². The highest BCUT2D eigenvalue weighted by atomic mass is 16.2. The molecule has 0 bridgehead atoms. The van der Waals surface area contributed by atoms with E-state index in [-0.39, 0.29) is 5.91 Å². The Morgan fingerprint density at radius 1 is 0.621 bits per heavy atom. The van der Waals surface area contributed by atoms with Crippen LogP contribution in [0.25, 0.3) is 0 Å². The predicted molar refractivity (Wildman–Crippen MR) is 118 cm³/mol. The van der Waals surface area contributed by atoms with Gasteiger partial charge in [-0.3, -0.25) is 4.79 Å². The summed E-state index contributed by atoms with van der Waals surface area (Å²) in [6.45, 7) is 0.606. The second-order valence-electron chi connectivity index (χ2n) is 7.07. The topological polar surface area (TPSA) is 23.6 Å². The minimum atomic E-state index is 0.0501. The molecular formula is C26H20N2O. The number of fused-ring (bicyclic) bond motifs is 1. The first-order valence-corrected chi connectivity index (χ1v) is 9.71. The first kappa shape index (κ1) is 17.3. The zero-order valence-electron chi connectivity index (χ0n) is 15.9. The van der Waals surface area contributed by atoms with E-state index in [4.69, 9.17) is 0 Å². The maximum Gasteiger partial charge on any atom is 0.259 e. The lowest BCUT2D eigenvalue weighted by Gasteiger charge is -2.25. The molecule has 0 atom stereocenters. The maximum absolute atomic E-state index is 13.2. The molecule has 0 unspecified atom stereocenters. The van der Waals surface area contributed by atoms with E-state index in [0.717, 1.165) is 33.9 Å². The van der Waals surface area contributed by atoms with E-state index in [0.29, 0.717) is 6.54 Å². The van der Waals surface area contributed by atoms with Crippen LogP contribution in [0.3, 0.4) is 0 Å². The van der Waals surface area contributed by atoms with Gasteiger partial charge in [0.2, 0.25) is 0 Å². The fraction of sp³-hybridized carbons (Fsp3) is 0.0385. The molecule has 0 radical (unpaired) electrons. The molecule has 3 heteroatoms. The molecule has 140 valence electrons. The Balaban J connectivity index is 1.57. The monoisotopic (exact) mass is 376 g/mol. The Labute approximate surface area is 170 Å². The van der Waals surface area contributed by atoms with Crippen LogP contribution >= 0.6 is 0 Å². The van der Waals surface area contributed by atoms with Crippen molar-refractivity contribution in [2.75, 3.05) is 9.80 Å². The number of hydrogen-bond acceptors (Lipinski definition) is 2. The van der Waals surface area contributed by atoms with Crippen molar-refractivity contribution in [2.45, 2.75) is 6.54 Å². The average Bonchev–Trinajstić information content (AvgIpc) is 3.12. The maximum atomic E-state index is 13.2. The van der Waals surface area contributed by atoms with Crippen molar-refractivity contribution in [2.24, 2.45) is 0 Å². The van der Waals surface area contributed by atoms with E-state index in [2.05, 4.69) is 41.3 Å². The van der Waals surface area contributed by atoms with Crippen molar-refractivity contribution in [1.82, 2.24) is 0 Å². The summed E-state index contributed by atoms with van der Waals surface area (Å²) in [5.74, 6) is 0.0501. The van der Waals surface area contributed by atoms with E-state index in [9.17, 15) is 4.79 Å². The third-order valence-electron chi connectivity index (χ3n) is 5.25. The fourth-order valence-corrected chi connectivity index (χ4v) is 3.85. The number of nitrogens with zero attached hydrogens (tertiary/aromatic N) is 2. The molecule has 0 fully saturated rings.